The van der Waals surface area contributed by atoms with E-state index in [2.05, 4.69) is 24.2 Å². The van der Waals surface area contributed by atoms with Crippen LogP contribution in [0.2, 0.25) is 0 Å². The number of nitrogens with one attached hydrogen (secondary N) is 1. The number of likely N-dealkylation sites (tertiary alicyclic amines) is 1. The molecule has 4 nitrogen and oxygen atoms in total. The number of piperidine rings is 1. The monoisotopic (exact) mass is 347 g/mol. The lowest BCUT2D eigenvalue weighted by Gasteiger charge is -2.35. The van der Waals surface area contributed by atoms with Crippen LogP contribution >= 0.6 is 24.8 Å². The number of rotatable bonds is 4. The van der Waals surface area contributed by atoms with Crippen LogP contribution in [0.4, 0.5) is 0 Å². The minimum Gasteiger partial charge on any atom is -0.353 e. The molecule has 3 atom stereocenters. The Labute approximate surface area is 145 Å². The Morgan fingerprint density at radius 2 is 2.00 bits per heavy atom. The van der Waals surface area contributed by atoms with Gasteiger partial charge in [-0.3, -0.25) is 4.79 Å². The van der Waals surface area contributed by atoms with E-state index in [1.54, 1.807) is 0 Å². The average Bonchev–Trinajstić information content (AvgIpc) is 2.44. The third-order valence-electron chi connectivity index (χ3n) is 4.21. The van der Waals surface area contributed by atoms with E-state index in [1.807, 2.05) is 30.3 Å². The predicted octanol–water partition coefficient (Wildman–Crippen LogP) is 2.52. The van der Waals surface area contributed by atoms with E-state index in [9.17, 15) is 4.79 Å². The number of halogens is 2. The molecule has 0 radical (unpaired) electrons. The van der Waals surface area contributed by atoms with Gasteiger partial charge in [0.1, 0.15) is 0 Å². The zero-order valence-electron chi connectivity index (χ0n) is 13.2. The van der Waals surface area contributed by atoms with Crippen LogP contribution in [0, 0.1) is 0 Å². The maximum atomic E-state index is 12.1. The Hall–Kier alpha value is -0.810. The molecule has 6 heteroatoms. The Morgan fingerprint density at radius 3 is 2.59 bits per heavy atom. The molecule has 1 heterocycles. The molecule has 1 saturated heterocycles. The fourth-order valence-electron chi connectivity index (χ4n) is 2.72. The molecule has 1 aromatic carbocycles. The summed E-state index contributed by atoms with van der Waals surface area (Å²) < 4.78 is 0. The number of nitrogens with two attached hydrogens (primary N) is 1. The minimum atomic E-state index is -0.222. The van der Waals surface area contributed by atoms with E-state index in [0.717, 1.165) is 24.9 Å². The standard InChI is InChI=1S/C16H25N3O.2ClH/c1-12-10-14(8-9-19(12)2)18-16(20)11-15(17)13-6-4-3-5-7-13;;/h3-7,12,14-15H,8-11,17H2,1-2H3,(H,18,20);2*1H. The van der Waals surface area contributed by atoms with Crippen molar-refractivity contribution in [2.45, 2.75) is 44.3 Å². The maximum absolute atomic E-state index is 12.1. The van der Waals surface area contributed by atoms with Gasteiger partial charge >= 0.3 is 0 Å². The largest absolute Gasteiger partial charge is 0.353 e. The summed E-state index contributed by atoms with van der Waals surface area (Å²) in [6, 6.07) is 10.4. The first-order valence-electron chi connectivity index (χ1n) is 7.36. The number of hydrogen-bond donors (Lipinski definition) is 2. The molecule has 1 aliphatic heterocycles. The molecule has 126 valence electrons. The molecule has 0 bridgehead atoms. The van der Waals surface area contributed by atoms with Crippen molar-refractivity contribution in [3.05, 3.63) is 35.9 Å². The third-order valence-corrected chi connectivity index (χ3v) is 4.21. The highest BCUT2D eigenvalue weighted by molar-refractivity contribution is 5.85. The molecule has 0 aromatic heterocycles. The van der Waals surface area contributed by atoms with Gasteiger partial charge in [0.05, 0.1) is 0 Å². The average molecular weight is 348 g/mol. The molecule has 22 heavy (non-hydrogen) atoms. The summed E-state index contributed by atoms with van der Waals surface area (Å²) >= 11 is 0. The summed E-state index contributed by atoms with van der Waals surface area (Å²) in [5.74, 6) is 0.0584. The molecule has 1 aromatic rings. The van der Waals surface area contributed by atoms with Gasteiger partial charge in [-0.05, 0) is 32.4 Å². The van der Waals surface area contributed by atoms with Crippen LogP contribution in [0.3, 0.4) is 0 Å². The van der Waals surface area contributed by atoms with Crippen LogP contribution in [-0.2, 0) is 4.79 Å². The summed E-state index contributed by atoms with van der Waals surface area (Å²) in [6.45, 7) is 3.24. The SMILES string of the molecule is CC1CC(NC(=O)CC(N)c2ccccc2)CCN1C.Cl.Cl. The number of hydrogen-bond acceptors (Lipinski definition) is 3. The van der Waals surface area contributed by atoms with Crippen LogP contribution in [-0.4, -0.2) is 36.5 Å². The molecular formula is C16H27Cl2N3O. The van der Waals surface area contributed by atoms with E-state index >= 15 is 0 Å². The second-order valence-electron chi connectivity index (χ2n) is 5.84. The first-order valence-corrected chi connectivity index (χ1v) is 7.36. The molecule has 0 saturated carbocycles. The number of benzene rings is 1. The van der Waals surface area contributed by atoms with Gasteiger partial charge in [-0.1, -0.05) is 30.3 Å². The third kappa shape index (κ3) is 6.13. The van der Waals surface area contributed by atoms with Crippen LogP contribution < -0.4 is 11.1 Å². The summed E-state index contributed by atoms with van der Waals surface area (Å²) in [7, 11) is 2.13. The lowest BCUT2D eigenvalue weighted by atomic mass is 9.98. The molecule has 1 aliphatic rings. The van der Waals surface area contributed by atoms with Gasteiger partial charge in [0.15, 0.2) is 0 Å². The molecule has 3 N–H and O–H groups in total. The van der Waals surface area contributed by atoms with E-state index in [4.69, 9.17) is 5.73 Å². The van der Waals surface area contributed by atoms with Crippen LogP contribution in [0.5, 0.6) is 0 Å². The summed E-state index contributed by atoms with van der Waals surface area (Å²) in [5, 5.41) is 3.12. The predicted molar refractivity (Wildman–Crippen MR) is 95.7 cm³/mol. The van der Waals surface area contributed by atoms with Crippen molar-refractivity contribution in [3.8, 4) is 0 Å². The van der Waals surface area contributed by atoms with Gasteiger partial charge in [-0.25, -0.2) is 0 Å². The van der Waals surface area contributed by atoms with E-state index in [-0.39, 0.29) is 42.8 Å². The quantitative estimate of drug-likeness (QED) is 0.879. The Balaban J connectivity index is 0.00000220. The fraction of sp³-hybridized carbons (Fsp3) is 0.562. The highest BCUT2D eigenvalue weighted by atomic mass is 35.5. The lowest BCUT2D eigenvalue weighted by Crippen LogP contribution is -2.47. The molecular weight excluding hydrogens is 321 g/mol. The van der Waals surface area contributed by atoms with Crippen molar-refractivity contribution in [3.63, 3.8) is 0 Å². The molecule has 1 amide bonds. The molecule has 0 aliphatic carbocycles. The highest BCUT2D eigenvalue weighted by Gasteiger charge is 2.24. The number of carbonyl (C=O) groups excluding carboxylic acids is 1. The first-order chi connectivity index (χ1) is 9.56. The number of nitrogens with zero attached hydrogens (tertiary/aromatic N) is 1. The molecule has 0 spiro atoms. The Bertz CT molecular complexity index is 444. The van der Waals surface area contributed by atoms with E-state index in [0.29, 0.717) is 12.5 Å². The fourth-order valence-corrected chi connectivity index (χ4v) is 2.72. The van der Waals surface area contributed by atoms with Crippen molar-refractivity contribution < 1.29 is 4.79 Å². The van der Waals surface area contributed by atoms with Gasteiger partial charge in [0, 0.05) is 31.1 Å². The van der Waals surface area contributed by atoms with Crippen molar-refractivity contribution in [1.29, 1.82) is 0 Å². The zero-order chi connectivity index (χ0) is 14.5. The van der Waals surface area contributed by atoms with Crippen LogP contribution in [0.25, 0.3) is 0 Å². The smallest absolute Gasteiger partial charge is 0.222 e. The lowest BCUT2D eigenvalue weighted by molar-refractivity contribution is -0.122. The molecule has 2 rings (SSSR count). The van der Waals surface area contributed by atoms with Crippen molar-refractivity contribution in [2.75, 3.05) is 13.6 Å². The zero-order valence-corrected chi connectivity index (χ0v) is 14.8. The normalized spacial score (nSPS) is 22.9. The minimum absolute atomic E-state index is 0. The second-order valence-corrected chi connectivity index (χ2v) is 5.84. The highest BCUT2D eigenvalue weighted by Crippen LogP contribution is 2.17. The Morgan fingerprint density at radius 1 is 1.36 bits per heavy atom. The van der Waals surface area contributed by atoms with Crippen molar-refractivity contribution in [2.24, 2.45) is 5.73 Å². The second kappa shape index (κ2) is 10.1. The molecule has 1 fully saturated rings. The van der Waals surface area contributed by atoms with Gasteiger partial charge in [0.25, 0.3) is 0 Å². The summed E-state index contributed by atoms with van der Waals surface area (Å²) in [6.07, 6.45) is 2.39. The van der Waals surface area contributed by atoms with Gasteiger partial charge in [-0.15, -0.1) is 24.8 Å². The van der Waals surface area contributed by atoms with Gasteiger partial charge < -0.3 is 16.0 Å². The number of carbonyl (C=O) groups is 1. The van der Waals surface area contributed by atoms with Crippen molar-refractivity contribution >= 4 is 30.7 Å². The van der Waals surface area contributed by atoms with Crippen LogP contribution in [0.15, 0.2) is 30.3 Å². The van der Waals surface area contributed by atoms with E-state index in [1.165, 1.54) is 0 Å². The Kier molecular flexibility index (Phi) is 9.69. The van der Waals surface area contributed by atoms with Gasteiger partial charge in [-0.2, -0.15) is 0 Å². The van der Waals surface area contributed by atoms with E-state index < -0.39 is 0 Å². The molecule has 3 unspecified atom stereocenters. The maximum Gasteiger partial charge on any atom is 0.222 e. The summed E-state index contributed by atoms with van der Waals surface area (Å²) in [5.41, 5.74) is 7.09. The topological polar surface area (TPSA) is 58.4 Å². The van der Waals surface area contributed by atoms with Crippen LogP contribution in [0.1, 0.15) is 37.8 Å². The number of amides is 1. The summed E-state index contributed by atoms with van der Waals surface area (Å²) in [4.78, 5) is 14.4. The van der Waals surface area contributed by atoms with Crippen molar-refractivity contribution in [1.82, 2.24) is 10.2 Å². The van der Waals surface area contributed by atoms with Gasteiger partial charge in [0.2, 0.25) is 5.91 Å². The first kappa shape index (κ1) is 21.2.